The number of nitrogens with zero attached hydrogens (tertiary/aromatic N) is 1. The van der Waals surface area contributed by atoms with Gasteiger partial charge in [0.05, 0.1) is 0 Å². The second kappa shape index (κ2) is 16.5. The highest BCUT2D eigenvalue weighted by molar-refractivity contribution is 6.11. The van der Waals surface area contributed by atoms with E-state index >= 15 is 0 Å². The molecule has 0 bridgehead atoms. The van der Waals surface area contributed by atoms with Crippen molar-refractivity contribution in [2.45, 2.75) is 19.3 Å². The summed E-state index contributed by atoms with van der Waals surface area (Å²) < 4.78 is 13.1. The lowest BCUT2D eigenvalue weighted by Crippen LogP contribution is -2.15. The highest BCUT2D eigenvalue weighted by Gasteiger charge is 2.38. The van der Waals surface area contributed by atoms with Gasteiger partial charge in [0.2, 0.25) is 0 Å². The lowest BCUT2D eigenvalue weighted by molar-refractivity contribution is 0.661. The van der Waals surface area contributed by atoms with Crippen LogP contribution in [-0.2, 0) is 5.41 Å². The zero-order valence-electron chi connectivity index (χ0n) is 39.9. The molecule has 0 radical (unpaired) electrons. The molecular weight excluding hydrogens is 875 g/mol. The van der Waals surface area contributed by atoms with Gasteiger partial charge in [-0.05, 0) is 133 Å². The normalized spacial score (nSPS) is 12.7. The van der Waals surface area contributed by atoms with Gasteiger partial charge in [-0.3, -0.25) is 0 Å². The van der Waals surface area contributed by atoms with Crippen LogP contribution in [0.15, 0.2) is 258 Å². The number of hydrogen-bond donors (Lipinski definition) is 0. The predicted octanol–water partition coefficient (Wildman–Crippen LogP) is 19.6. The van der Waals surface area contributed by atoms with Crippen LogP contribution in [0.2, 0.25) is 0 Å². The summed E-state index contributed by atoms with van der Waals surface area (Å²) in [4.78, 5) is 2.38. The largest absolute Gasteiger partial charge is 0.455 e. The number of fused-ring (bicyclic) bond motifs is 9. The topological polar surface area (TPSA) is 29.5 Å². The molecule has 0 fully saturated rings. The second-order valence-corrected chi connectivity index (χ2v) is 19.6. The van der Waals surface area contributed by atoms with E-state index in [2.05, 4.69) is 243 Å². The Morgan fingerprint density at radius 2 is 0.764 bits per heavy atom. The van der Waals surface area contributed by atoms with Gasteiger partial charge in [-0.2, -0.15) is 0 Å². The van der Waals surface area contributed by atoms with Crippen LogP contribution in [0.1, 0.15) is 25.0 Å². The maximum Gasteiger partial charge on any atom is 0.143 e. The Kier molecular flexibility index (Phi) is 9.56. The van der Waals surface area contributed by atoms with Crippen molar-refractivity contribution in [3.05, 3.63) is 260 Å². The maximum atomic E-state index is 6.58. The molecule has 0 saturated carbocycles. The molecule has 0 unspecified atom stereocenters. The van der Waals surface area contributed by atoms with E-state index in [1.807, 2.05) is 24.3 Å². The van der Waals surface area contributed by atoms with Crippen molar-refractivity contribution in [3.63, 3.8) is 0 Å². The molecule has 340 valence electrons. The first-order valence-corrected chi connectivity index (χ1v) is 24.8. The molecule has 2 aromatic heterocycles. The van der Waals surface area contributed by atoms with E-state index in [-0.39, 0.29) is 5.41 Å². The molecule has 11 aromatic carbocycles. The molecule has 72 heavy (non-hydrogen) atoms. The van der Waals surface area contributed by atoms with Crippen LogP contribution < -0.4 is 4.90 Å². The lowest BCUT2D eigenvalue weighted by Gasteiger charge is -2.27. The highest BCUT2D eigenvalue weighted by Crippen LogP contribution is 2.54. The average molecular weight is 922 g/mol. The average Bonchev–Trinajstić information content (AvgIpc) is 4.09. The van der Waals surface area contributed by atoms with Crippen molar-refractivity contribution in [2.24, 2.45) is 0 Å². The molecule has 14 rings (SSSR count). The monoisotopic (exact) mass is 921 g/mol. The quantitative estimate of drug-likeness (QED) is 0.152. The predicted molar refractivity (Wildman–Crippen MR) is 300 cm³/mol. The van der Waals surface area contributed by atoms with Crippen molar-refractivity contribution >= 4 is 60.9 Å². The van der Waals surface area contributed by atoms with Gasteiger partial charge in [0.15, 0.2) is 0 Å². The van der Waals surface area contributed by atoms with Gasteiger partial charge in [0.25, 0.3) is 0 Å². The van der Waals surface area contributed by atoms with Gasteiger partial charge in [0, 0.05) is 55.1 Å². The Bertz CT molecular complexity index is 4230. The maximum absolute atomic E-state index is 6.58. The third kappa shape index (κ3) is 6.73. The van der Waals surface area contributed by atoms with E-state index in [1.165, 1.54) is 50.1 Å². The highest BCUT2D eigenvalue weighted by atomic mass is 16.3. The summed E-state index contributed by atoms with van der Waals surface area (Å²) in [6, 6.07) is 89.9. The summed E-state index contributed by atoms with van der Waals surface area (Å²) in [5, 5.41) is 4.48. The molecule has 0 saturated heterocycles. The smallest absolute Gasteiger partial charge is 0.143 e. The van der Waals surface area contributed by atoms with Crippen molar-refractivity contribution in [1.29, 1.82) is 0 Å². The fourth-order valence-corrected chi connectivity index (χ4v) is 11.5. The van der Waals surface area contributed by atoms with Crippen LogP contribution in [-0.4, -0.2) is 0 Å². The molecule has 0 aliphatic heterocycles. The van der Waals surface area contributed by atoms with E-state index in [1.54, 1.807) is 0 Å². The first kappa shape index (κ1) is 41.8. The second-order valence-electron chi connectivity index (χ2n) is 19.6. The molecule has 0 spiro atoms. The van der Waals surface area contributed by atoms with Gasteiger partial charge in [-0.1, -0.05) is 196 Å². The molecule has 3 nitrogen and oxygen atoms in total. The van der Waals surface area contributed by atoms with Crippen LogP contribution in [0.25, 0.3) is 111 Å². The van der Waals surface area contributed by atoms with Crippen molar-refractivity contribution < 1.29 is 8.83 Å². The lowest BCUT2D eigenvalue weighted by atomic mass is 9.80. The zero-order valence-corrected chi connectivity index (χ0v) is 39.9. The summed E-state index contributed by atoms with van der Waals surface area (Å²) in [7, 11) is 0. The number of benzene rings is 11. The van der Waals surface area contributed by atoms with Crippen molar-refractivity contribution in [2.75, 3.05) is 4.90 Å². The summed E-state index contributed by atoms with van der Waals surface area (Å²) in [6.45, 7) is 4.76. The fraction of sp³-hybridized carbons (Fsp3) is 0.0435. The SMILES string of the molecule is CC1(C)c2ccc(-c3cccc(N(c4ccc(-c5cccc6c5oc5ccccc56)cc4)c4cccc(-c5cccc6c5oc5ccccc56)c4)c3)cc2-c2c(-c3ccccc3)cc(-c3ccccc3)cc21. The van der Waals surface area contributed by atoms with Gasteiger partial charge in [0.1, 0.15) is 22.3 Å². The third-order valence-corrected chi connectivity index (χ3v) is 15.1. The molecule has 3 heteroatoms. The number of anilines is 3. The van der Waals surface area contributed by atoms with E-state index in [0.717, 1.165) is 88.8 Å². The third-order valence-electron chi connectivity index (χ3n) is 15.1. The summed E-state index contributed by atoms with van der Waals surface area (Å²) in [5.41, 5.74) is 23.4. The summed E-state index contributed by atoms with van der Waals surface area (Å²) >= 11 is 0. The minimum Gasteiger partial charge on any atom is -0.455 e. The minimum atomic E-state index is -0.198. The molecule has 1 aliphatic carbocycles. The van der Waals surface area contributed by atoms with Crippen LogP contribution in [0.5, 0.6) is 0 Å². The summed E-state index contributed by atoms with van der Waals surface area (Å²) in [6.07, 6.45) is 0. The minimum absolute atomic E-state index is 0.198. The van der Waals surface area contributed by atoms with Gasteiger partial charge in [-0.15, -0.1) is 0 Å². The fourth-order valence-electron chi connectivity index (χ4n) is 11.5. The Hall–Kier alpha value is -9.18. The van der Waals surface area contributed by atoms with E-state index in [0.29, 0.717) is 0 Å². The Balaban J connectivity index is 0.910. The molecular formula is C69H47NO2. The van der Waals surface area contributed by atoms with Crippen LogP contribution in [0.3, 0.4) is 0 Å². The van der Waals surface area contributed by atoms with Crippen LogP contribution >= 0.6 is 0 Å². The van der Waals surface area contributed by atoms with E-state index in [4.69, 9.17) is 8.83 Å². The van der Waals surface area contributed by atoms with E-state index in [9.17, 15) is 0 Å². The molecule has 13 aromatic rings. The molecule has 2 heterocycles. The number of rotatable bonds is 8. The van der Waals surface area contributed by atoms with Gasteiger partial charge in [-0.25, -0.2) is 0 Å². The van der Waals surface area contributed by atoms with E-state index < -0.39 is 0 Å². The Labute approximate surface area is 418 Å². The number of hydrogen-bond acceptors (Lipinski definition) is 3. The molecule has 0 atom stereocenters. The van der Waals surface area contributed by atoms with Gasteiger partial charge < -0.3 is 13.7 Å². The van der Waals surface area contributed by atoms with Gasteiger partial charge >= 0.3 is 0 Å². The van der Waals surface area contributed by atoms with Crippen LogP contribution in [0.4, 0.5) is 17.1 Å². The Morgan fingerprint density at radius 1 is 0.292 bits per heavy atom. The zero-order chi connectivity index (χ0) is 47.9. The summed E-state index contributed by atoms with van der Waals surface area (Å²) in [5.74, 6) is 0. The number of para-hydroxylation sites is 4. The van der Waals surface area contributed by atoms with Crippen molar-refractivity contribution in [3.8, 4) is 66.8 Å². The molecule has 1 aliphatic rings. The first-order chi connectivity index (χ1) is 35.4. The first-order valence-electron chi connectivity index (χ1n) is 24.8. The molecule has 0 N–H and O–H groups in total. The Morgan fingerprint density at radius 3 is 1.42 bits per heavy atom. The standard InChI is InChI=1S/C69H47NO2/c1-69(2)62-38-35-48(41-61(62)66-60(45-19-7-4-8-20-45)42-50(43-63(66)69)44-17-5-3-6-18-44)47-21-13-23-52(39-47)70(51-36-33-46(34-37-51)54-27-15-29-58-56-25-9-11-31-64(56)71-67(54)58)53-24-14-22-49(40-53)55-28-16-30-59-57-26-10-12-32-65(57)72-68(55)59/h3-43H,1-2H3. The number of furan rings is 2. The van der Waals surface area contributed by atoms with Crippen molar-refractivity contribution in [1.82, 2.24) is 0 Å². The van der Waals surface area contributed by atoms with Crippen LogP contribution in [0, 0.1) is 0 Å². The molecule has 0 amide bonds.